The Bertz CT molecular complexity index is 858. The number of carbonyl (C=O) groups excluding carboxylic acids is 3. The smallest absolute Gasteiger partial charge is 0.239 e. The van der Waals surface area contributed by atoms with E-state index in [0.717, 1.165) is 5.56 Å². The fourth-order valence-corrected chi connectivity index (χ4v) is 2.36. The molecule has 136 valence electrons. The van der Waals surface area contributed by atoms with Gasteiger partial charge in [-0.1, -0.05) is 17.7 Å². The molecule has 0 spiro atoms. The molecule has 6 heteroatoms. The molecule has 0 fully saturated rings. The van der Waals surface area contributed by atoms with Gasteiger partial charge in [0.1, 0.15) is 5.41 Å². The second-order valence-corrected chi connectivity index (χ2v) is 7.06. The lowest BCUT2D eigenvalue weighted by atomic mass is 9.90. The average molecular weight is 373 g/mol. The summed E-state index contributed by atoms with van der Waals surface area (Å²) in [5, 5.41) is 5.96. The maximum atomic E-state index is 12.6. The van der Waals surface area contributed by atoms with Crippen LogP contribution in [-0.2, 0) is 9.59 Å². The number of hydrogen-bond acceptors (Lipinski definition) is 3. The van der Waals surface area contributed by atoms with Crippen LogP contribution in [0, 0.1) is 12.3 Å². The lowest BCUT2D eigenvalue weighted by molar-refractivity contribution is -0.135. The second-order valence-electron chi connectivity index (χ2n) is 6.63. The van der Waals surface area contributed by atoms with E-state index in [2.05, 4.69) is 10.6 Å². The van der Waals surface area contributed by atoms with Gasteiger partial charge in [-0.15, -0.1) is 0 Å². The van der Waals surface area contributed by atoms with E-state index in [1.165, 1.54) is 6.92 Å². The van der Waals surface area contributed by atoms with E-state index in [0.29, 0.717) is 22.0 Å². The van der Waals surface area contributed by atoms with Crippen molar-refractivity contribution in [1.82, 2.24) is 0 Å². The molecule has 0 heterocycles. The maximum Gasteiger partial charge on any atom is 0.239 e. The second kappa shape index (κ2) is 7.70. The SMILES string of the molecule is CC(=O)c1ccc(NC(=O)C(C)(C)C(=O)Nc2cc(Cl)ccc2C)cc1. The number of rotatable bonds is 5. The molecule has 0 aliphatic heterocycles. The third-order valence-electron chi connectivity index (χ3n) is 4.13. The highest BCUT2D eigenvalue weighted by molar-refractivity contribution is 6.31. The van der Waals surface area contributed by atoms with Gasteiger partial charge in [-0.25, -0.2) is 0 Å². The Morgan fingerprint density at radius 3 is 2.08 bits per heavy atom. The first kappa shape index (κ1) is 19.7. The number of hydrogen-bond donors (Lipinski definition) is 2. The van der Waals surface area contributed by atoms with Crippen LogP contribution in [0.25, 0.3) is 0 Å². The average Bonchev–Trinajstić information content (AvgIpc) is 2.58. The highest BCUT2D eigenvalue weighted by Crippen LogP contribution is 2.25. The molecule has 0 bridgehead atoms. The predicted octanol–water partition coefficient (Wildman–Crippen LogP) is 4.45. The van der Waals surface area contributed by atoms with Crippen molar-refractivity contribution < 1.29 is 14.4 Å². The van der Waals surface area contributed by atoms with Gasteiger partial charge in [0, 0.05) is 22.0 Å². The number of carbonyl (C=O) groups is 3. The van der Waals surface area contributed by atoms with E-state index in [9.17, 15) is 14.4 Å². The minimum Gasteiger partial charge on any atom is -0.325 e. The molecule has 2 amide bonds. The minimum atomic E-state index is -1.31. The Morgan fingerprint density at radius 2 is 1.50 bits per heavy atom. The summed E-state index contributed by atoms with van der Waals surface area (Å²) in [5.41, 5.74) is 1.16. The summed E-state index contributed by atoms with van der Waals surface area (Å²) in [5.74, 6) is -0.953. The summed E-state index contributed by atoms with van der Waals surface area (Å²) < 4.78 is 0. The van der Waals surface area contributed by atoms with Gasteiger partial charge in [0.25, 0.3) is 0 Å². The molecular weight excluding hydrogens is 352 g/mol. The van der Waals surface area contributed by atoms with Crippen LogP contribution in [0.1, 0.15) is 36.7 Å². The van der Waals surface area contributed by atoms with Crippen molar-refractivity contribution in [3.05, 3.63) is 58.6 Å². The van der Waals surface area contributed by atoms with Gasteiger partial charge in [0.05, 0.1) is 0 Å². The number of Topliss-reactive ketones (excluding diaryl/α,β-unsaturated/α-hetero) is 1. The van der Waals surface area contributed by atoms with Crippen LogP contribution in [0.3, 0.4) is 0 Å². The van der Waals surface area contributed by atoms with Crippen molar-refractivity contribution in [1.29, 1.82) is 0 Å². The molecule has 0 atom stereocenters. The zero-order valence-corrected chi connectivity index (χ0v) is 15.9. The zero-order valence-electron chi connectivity index (χ0n) is 15.1. The molecule has 5 nitrogen and oxygen atoms in total. The fourth-order valence-electron chi connectivity index (χ4n) is 2.19. The van der Waals surface area contributed by atoms with Crippen LogP contribution in [0.4, 0.5) is 11.4 Å². The van der Waals surface area contributed by atoms with Crippen molar-refractivity contribution in [3.63, 3.8) is 0 Å². The number of anilines is 2. The minimum absolute atomic E-state index is 0.0560. The number of benzene rings is 2. The summed E-state index contributed by atoms with van der Waals surface area (Å²) in [4.78, 5) is 36.5. The number of amides is 2. The van der Waals surface area contributed by atoms with Crippen molar-refractivity contribution in [2.24, 2.45) is 5.41 Å². The molecule has 0 radical (unpaired) electrons. The lowest BCUT2D eigenvalue weighted by Gasteiger charge is -2.23. The van der Waals surface area contributed by atoms with Gasteiger partial charge < -0.3 is 10.6 Å². The molecule has 0 saturated heterocycles. The Morgan fingerprint density at radius 1 is 0.923 bits per heavy atom. The van der Waals surface area contributed by atoms with Crippen LogP contribution in [0.5, 0.6) is 0 Å². The van der Waals surface area contributed by atoms with Gasteiger partial charge in [0.15, 0.2) is 5.78 Å². The Balaban J connectivity index is 2.12. The van der Waals surface area contributed by atoms with E-state index in [4.69, 9.17) is 11.6 Å². The molecule has 0 unspecified atom stereocenters. The quantitative estimate of drug-likeness (QED) is 0.601. The standard InChI is InChI=1S/C20H21ClN2O3/c1-12-5-8-15(21)11-17(12)23-19(26)20(3,4)18(25)22-16-9-6-14(7-10-16)13(2)24/h5-11H,1-4H3,(H,22,25)(H,23,26). The van der Waals surface area contributed by atoms with Crippen molar-refractivity contribution in [2.75, 3.05) is 10.6 Å². The molecule has 2 aromatic rings. The van der Waals surface area contributed by atoms with E-state index in [-0.39, 0.29) is 5.78 Å². The molecular formula is C20H21ClN2O3. The molecule has 2 N–H and O–H groups in total. The van der Waals surface area contributed by atoms with Gasteiger partial charge in [0.2, 0.25) is 11.8 Å². The molecule has 2 aromatic carbocycles. The van der Waals surface area contributed by atoms with Crippen molar-refractivity contribution in [3.8, 4) is 0 Å². The number of halogens is 1. The Hall–Kier alpha value is -2.66. The molecule has 0 aliphatic rings. The maximum absolute atomic E-state index is 12.6. The Labute approximate surface area is 157 Å². The summed E-state index contributed by atoms with van der Waals surface area (Å²) in [6.45, 7) is 6.40. The van der Waals surface area contributed by atoms with Crippen LogP contribution in [0.2, 0.25) is 5.02 Å². The number of aryl methyl sites for hydroxylation is 1. The van der Waals surface area contributed by atoms with E-state index in [1.54, 1.807) is 56.3 Å². The van der Waals surface area contributed by atoms with E-state index in [1.807, 2.05) is 6.92 Å². The first-order valence-corrected chi connectivity index (χ1v) is 8.49. The highest BCUT2D eigenvalue weighted by atomic mass is 35.5. The van der Waals surface area contributed by atoms with E-state index < -0.39 is 17.2 Å². The topological polar surface area (TPSA) is 75.3 Å². The lowest BCUT2D eigenvalue weighted by Crippen LogP contribution is -2.41. The van der Waals surface area contributed by atoms with E-state index >= 15 is 0 Å². The summed E-state index contributed by atoms with van der Waals surface area (Å²) in [6, 6.07) is 11.7. The van der Waals surface area contributed by atoms with Crippen molar-refractivity contribution in [2.45, 2.75) is 27.7 Å². The molecule has 2 rings (SSSR count). The largest absolute Gasteiger partial charge is 0.325 e. The van der Waals surface area contributed by atoms with Crippen LogP contribution in [0.15, 0.2) is 42.5 Å². The first-order valence-electron chi connectivity index (χ1n) is 8.11. The van der Waals surface area contributed by atoms with Gasteiger partial charge in [-0.2, -0.15) is 0 Å². The summed E-state index contributed by atoms with van der Waals surface area (Å²) in [7, 11) is 0. The normalized spacial score (nSPS) is 11.0. The molecule has 0 aromatic heterocycles. The van der Waals surface area contributed by atoms with Crippen LogP contribution < -0.4 is 10.6 Å². The summed E-state index contributed by atoms with van der Waals surface area (Å²) in [6.07, 6.45) is 0. The Kier molecular flexibility index (Phi) is 5.83. The van der Waals surface area contributed by atoms with Gasteiger partial charge in [-0.3, -0.25) is 14.4 Å². The molecule has 0 saturated carbocycles. The van der Waals surface area contributed by atoms with Gasteiger partial charge >= 0.3 is 0 Å². The zero-order chi connectivity index (χ0) is 19.5. The van der Waals surface area contributed by atoms with Crippen molar-refractivity contribution >= 4 is 40.6 Å². The first-order chi connectivity index (χ1) is 12.1. The third-order valence-corrected chi connectivity index (χ3v) is 4.37. The predicted molar refractivity (Wildman–Crippen MR) is 104 cm³/mol. The monoisotopic (exact) mass is 372 g/mol. The summed E-state index contributed by atoms with van der Waals surface area (Å²) >= 11 is 5.96. The fraction of sp³-hybridized carbons (Fsp3) is 0.250. The molecule has 0 aliphatic carbocycles. The number of ketones is 1. The molecule has 26 heavy (non-hydrogen) atoms. The van der Waals surface area contributed by atoms with Crippen LogP contribution in [-0.4, -0.2) is 17.6 Å². The number of nitrogens with one attached hydrogen (secondary N) is 2. The highest BCUT2D eigenvalue weighted by Gasteiger charge is 2.36. The van der Waals surface area contributed by atoms with Crippen LogP contribution >= 0.6 is 11.6 Å². The van der Waals surface area contributed by atoms with Gasteiger partial charge in [-0.05, 0) is 69.7 Å². The third kappa shape index (κ3) is 4.49.